The maximum absolute atomic E-state index is 12.8. The van der Waals surface area contributed by atoms with Crippen molar-refractivity contribution in [1.29, 1.82) is 0 Å². The number of aryl methyl sites for hydroxylation is 1. The van der Waals surface area contributed by atoms with Crippen molar-refractivity contribution in [1.82, 2.24) is 0 Å². The van der Waals surface area contributed by atoms with Crippen molar-refractivity contribution in [3.63, 3.8) is 0 Å². The van der Waals surface area contributed by atoms with Gasteiger partial charge < -0.3 is 4.90 Å². The molecule has 0 bridgehead atoms. The van der Waals surface area contributed by atoms with E-state index < -0.39 is 0 Å². The molecule has 1 aromatic rings. The number of Topliss-reactive ketones (excluding diaryl/α,β-unsaturated/α-hetero) is 1. The van der Waals surface area contributed by atoms with Gasteiger partial charge in [0.05, 0.1) is 4.83 Å². The van der Waals surface area contributed by atoms with E-state index in [9.17, 15) is 9.59 Å². The molecule has 0 radical (unpaired) electrons. The minimum absolute atomic E-state index is 0.0881. The maximum atomic E-state index is 12.8. The lowest BCUT2D eigenvalue weighted by Crippen LogP contribution is -2.39. The highest BCUT2D eigenvalue weighted by Crippen LogP contribution is 2.31. The fraction of sp³-hybridized carbons (Fsp3) is 0.600. The predicted octanol–water partition coefficient (Wildman–Crippen LogP) is 5.00. The molecular weight excluding hydrogens is 366 g/mol. The summed E-state index contributed by atoms with van der Waals surface area (Å²) in [6, 6.07) is 5.82. The number of halogens is 1. The number of amides is 1. The summed E-state index contributed by atoms with van der Waals surface area (Å²) in [5.41, 5.74) is 2.85. The van der Waals surface area contributed by atoms with Crippen molar-refractivity contribution in [2.24, 2.45) is 11.8 Å². The molecule has 132 valence electrons. The second-order valence-corrected chi connectivity index (χ2v) is 7.95. The molecule has 1 aliphatic rings. The molecule has 0 N–H and O–H groups in total. The summed E-state index contributed by atoms with van der Waals surface area (Å²) in [5.74, 6) is 0.684. The average Bonchev–Trinajstić information content (AvgIpc) is 2.60. The van der Waals surface area contributed by atoms with Crippen LogP contribution in [0.2, 0.25) is 0 Å². The number of anilines is 1. The van der Waals surface area contributed by atoms with Crippen molar-refractivity contribution < 1.29 is 9.59 Å². The molecule has 1 unspecified atom stereocenters. The Balaban J connectivity index is 2.30. The van der Waals surface area contributed by atoms with Crippen LogP contribution in [-0.2, 0) is 11.2 Å². The first kappa shape index (κ1) is 19.2. The van der Waals surface area contributed by atoms with Crippen molar-refractivity contribution in [2.45, 2.75) is 58.2 Å². The predicted molar refractivity (Wildman–Crippen MR) is 103 cm³/mol. The monoisotopic (exact) mass is 393 g/mol. The van der Waals surface area contributed by atoms with E-state index in [4.69, 9.17) is 0 Å². The van der Waals surface area contributed by atoms with Gasteiger partial charge in [0.1, 0.15) is 0 Å². The van der Waals surface area contributed by atoms with Crippen LogP contribution in [0, 0.1) is 11.8 Å². The Bertz CT molecular complexity index is 608. The largest absolute Gasteiger partial charge is 0.312 e. The van der Waals surface area contributed by atoms with E-state index in [1.54, 1.807) is 0 Å². The van der Waals surface area contributed by atoms with Crippen LogP contribution in [0.5, 0.6) is 0 Å². The number of carbonyl (C=O) groups is 2. The minimum atomic E-state index is -0.165. The zero-order valence-electron chi connectivity index (χ0n) is 15.1. The molecule has 2 rings (SSSR count). The zero-order chi connectivity index (χ0) is 17.9. The highest BCUT2D eigenvalue weighted by atomic mass is 79.9. The summed E-state index contributed by atoms with van der Waals surface area (Å²) in [7, 11) is 0. The van der Waals surface area contributed by atoms with Gasteiger partial charge in [-0.05, 0) is 55.4 Å². The molecule has 1 heterocycles. The molecule has 24 heavy (non-hydrogen) atoms. The topological polar surface area (TPSA) is 37.4 Å². The van der Waals surface area contributed by atoms with E-state index in [0.717, 1.165) is 49.0 Å². The number of nitrogens with zero attached hydrogens (tertiary/aromatic N) is 1. The van der Waals surface area contributed by atoms with Crippen molar-refractivity contribution >= 4 is 33.3 Å². The third kappa shape index (κ3) is 3.90. The molecular formula is C20H28BrNO2. The number of rotatable bonds is 6. The fourth-order valence-corrected chi connectivity index (χ4v) is 3.56. The Labute approximate surface area is 153 Å². The quantitative estimate of drug-likeness (QED) is 0.503. The lowest BCUT2D eigenvalue weighted by atomic mass is 9.93. The van der Waals surface area contributed by atoms with Gasteiger partial charge in [-0.3, -0.25) is 9.59 Å². The number of hydrogen-bond acceptors (Lipinski definition) is 2. The van der Waals surface area contributed by atoms with Crippen LogP contribution >= 0.6 is 15.9 Å². The van der Waals surface area contributed by atoms with E-state index in [2.05, 4.69) is 29.8 Å². The molecule has 1 amide bonds. The average molecular weight is 394 g/mol. The van der Waals surface area contributed by atoms with Crippen LogP contribution in [0.25, 0.3) is 0 Å². The van der Waals surface area contributed by atoms with Crippen LogP contribution < -0.4 is 4.90 Å². The second-order valence-electron chi connectivity index (χ2n) is 6.96. The summed E-state index contributed by atoms with van der Waals surface area (Å²) in [5, 5.41) is 0. The highest BCUT2D eigenvalue weighted by molar-refractivity contribution is 9.10. The van der Waals surface area contributed by atoms with Crippen molar-refractivity contribution in [3.8, 4) is 0 Å². The summed E-state index contributed by atoms with van der Waals surface area (Å²) in [4.78, 5) is 27.1. The van der Waals surface area contributed by atoms with Crippen LogP contribution in [0.3, 0.4) is 0 Å². The van der Waals surface area contributed by atoms with E-state index in [1.165, 1.54) is 0 Å². The molecule has 1 aliphatic heterocycles. The minimum Gasteiger partial charge on any atom is -0.312 e. The van der Waals surface area contributed by atoms with Crippen LogP contribution in [-0.4, -0.2) is 23.1 Å². The maximum Gasteiger partial charge on any atom is 0.230 e. The van der Waals surface area contributed by atoms with Gasteiger partial charge in [-0.2, -0.15) is 0 Å². The molecule has 0 saturated heterocycles. The number of ketones is 1. The standard InChI is InChI=1S/C20H28BrNO2/c1-5-14(6-2)20(24)22-11-7-8-15-12-16(9-10-17(15)22)19(23)18(21)13(3)4/h9-10,12-14,18H,5-8,11H2,1-4H3. The van der Waals surface area contributed by atoms with Gasteiger partial charge in [-0.15, -0.1) is 0 Å². The van der Waals surface area contributed by atoms with Crippen LogP contribution in [0.1, 0.15) is 62.9 Å². The van der Waals surface area contributed by atoms with Crippen LogP contribution in [0.15, 0.2) is 18.2 Å². The van der Waals surface area contributed by atoms with Gasteiger partial charge in [0.15, 0.2) is 5.78 Å². The first-order valence-corrected chi connectivity index (χ1v) is 9.94. The number of benzene rings is 1. The fourth-order valence-electron chi connectivity index (χ4n) is 3.30. The number of carbonyl (C=O) groups excluding carboxylic acids is 2. The van der Waals surface area contributed by atoms with Gasteiger partial charge >= 0.3 is 0 Å². The van der Waals surface area contributed by atoms with Crippen LogP contribution in [0.4, 0.5) is 5.69 Å². The molecule has 0 fully saturated rings. The van der Waals surface area contributed by atoms with E-state index >= 15 is 0 Å². The highest BCUT2D eigenvalue weighted by Gasteiger charge is 2.28. The first-order valence-electron chi connectivity index (χ1n) is 9.03. The smallest absolute Gasteiger partial charge is 0.230 e. The molecule has 4 heteroatoms. The van der Waals surface area contributed by atoms with Gasteiger partial charge in [0.2, 0.25) is 5.91 Å². The summed E-state index contributed by atoms with van der Waals surface area (Å²) in [6.07, 6.45) is 3.63. The van der Waals surface area contributed by atoms with Crippen molar-refractivity contribution in [2.75, 3.05) is 11.4 Å². The molecule has 1 atom stereocenters. The van der Waals surface area contributed by atoms with Crippen molar-refractivity contribution in [3.05, 3.63) is 29.3 Å². The third-order valence-electron chi connectivity index (χ3n) is 4.92. The van der Waals surface area contributed by atoms with E-state index in [0.29, 0.717) is 0 Å². The Morgan fingerprint density at radius 1 is 1.21 bits per heavy atom. The summed E-state index contributed by atoms with van der Waals surface area (Å²) in [6.45, 7) is 8.99. The Kier molecular flexibility index (Phi) is 6.62. The Hall–Kier alpha value is -1.16. The lowest BCUT2D eigenvalue weighted by molar-refractivity contribution is -0.122. The Morgan fingerprint density at radius 3 is 2.46 bits per heavy atom. The number of alkyl halides is 1. The van der Waals surface area contributed by atoms with E-state index in [1.807, 2.05) is 36.9 Å². The molecule has 0 aromatic heterocycles. The summed E-state index contributed by atoms with van der Waals surface area (Å²) >= 11 is 3.50. The first-order chi connectivity index (χ1) is 11.4. The normalized spacial score (nSPS) is 15.5. The van der Waals surface area contributed by atoms with E-state index in [-0.39, 0.29) is 28.4 Å². The third-order valence-corrected chi connectivity index (χ3v) is 6.39. The zero-order valence-corrected chi connectivity index (χ0v) is 16.7. The molecule has 0 saturated carbocycles. The second kappa shape index (κ2) is 8.28. The van der Waals surface area contributed by atoms with Gasteiger partial charge in [0.25, 0.3) is 0 Å². The number of hydrogen-bond donors (Lipinski definition) is 0. The Morgan fingerprint density at radius 2 is 1.88 bits per heavy atom. The lowest BCUT2D eigenvalue weighted by Gasteiger charge is -2.32. The number of fused-ring (bicyclic) bond motifs is 1. The molecule has 1 aromatic carbocycles. The summed E-state index contributed by atoms with van der Waals surface area (Å²) < 4.78 is 0. The van der Waals surface area contributed by atoms with Gasteiger partial charge in [-0.25, -0.2) is 0 Å². The van der Waals surface area contributed by atoms with Gasteiger partial charge in [0, 0.05) is 23.7 Å². The van der Waals surface area contributed by atoms with Gasteiger partial charge in [-0.1, -0.05) is 43.6 Å². The molecule has 0 aliphatic carbocycles. The molecule has 3 nitrogen and oxygen atoms in total. The SMILES string of the molecule is CCC(CC)C(=O)N1CCCc2cc(C(=O)C(Br)C(C)C)ccc21. The molecule has 0 spiro atoms.